The molecule has 1 N–H and O–H groups in total. The summed E-state index contributed by atoms with van der Waals surface area (Å²) in [5.74, 6) is -1.54. The molecule has 0 atom stereocenters. The van der Waals surface area contributed by atoms with Gasteiger partial charge in [0.15, 0.2) is 11.4 Å². The fourth-order valence-electron chi connectivity index (χ4n) is 2.66. The fourth-order valence-corrected chi connectivity index (χ4v) is 4.15. The molecule has 0 unspecified atom stereocenters. The van der Waals surface area contributed by atoms with Crippen LogP contribution in [0.15, 0.2) is 41.6 Å². The monoisotopic (exact) mass is 459 g/mol. The number of fused-ring (bicyclic) bond motifs is 1. The Bertz CT molecular complexity index is 1300. The Morgan fingerprint density at radius 3 is 2.43 bits per heavy atom. The number of halogens is 4. The van der Waals surface area contributed by atoms with Gasteiger partial charge in [-0.3, -0.25) is 9.59 Å². The number of ketones is 1. The van der Waals surface area contributed by atoms with Gasteiger partial charge in [0.1, 0.15) is 5.69 Å². The SMILES string of the molecule is CC(=O)c1ccc(C)c(S(=O)(=O)NC(=O)c2cn3cc(C(F)(F)F)cc(Cl)c3n2)c1. The highest BCUT2D eigenvalue weighted by Gasteiger charge is 2.32. The zero-order valence-electron chi connectivity index (χ0n) is 15.4. The molecule has 0 aliphatic rings. The Hall–Kier alpha value is -2.92. The van der Waals surface area contributed by atoms with Crippen molar-refractivity contribution in [1.82, 2.24) is 14.1 Å². The number of alkyl halides is 3. The van der Waals surface area contributed by atoms with Crippen molar-refractivity contribution in [3.05, 3.63) is 64.1 Å². The van der Waals surface area contributed by atoms with E-state index in [4.69, 9.17) is 11.6 Å². The summed E-state index contributed by atoms with van der Waals surface area (Å²) in [7, 11) is -4.39. The Kier molecular flexibility index (Phi) is 5.37. The highest BCUT2D eigenvalue weighted by atomic mass is 35.5. The second-order valence-corrected chi connectivity index (χ2v) is 8.46. The van der Waals surface area contributed by atoms with E-state index in [2.05, 4.69) is 4.98 Å². The molecule has 30 heavy (non-hydrogen) atoms. The van der Waals surface area contributed by atoms with Crippen LogP contribution in [0, 0.1) is 6.92 Å². The minimum atomic E-state index is -4.67. The summed E-state index contributed by atoms with van der Waals surface area (Å²) in [4.78, 5) is 27.5. The van der Waals surface area contributed by atoms with E-state index in [1.54, 1.807) is 4.72 Å². The lowest BCUT2D eigenvalue weighted by atomic mass is 10.1. The van der Waals surface area contributed by atoms with Crippen molar-refractivity contribution in [3.8, 4) is 0 Å². The lowest BCUT2D eigenvalue weighted by Crippen LogP contribution is -2.31. The van der Waals surface area contributed by atoms with Crippen LogP contribution in [-0.2, 0) is 16.2 Å². The van der Waals surface area contributed by atoms with E-state index in [1.807, 2.05) is 0 Å². The van der Waals surface area contributed by atoms with Gasteiger partial charge in [0.25, 0.3) is 15.9 Å². The van der Waals surface area contributed by atoms with Crippen molar-refractivity contribution in [2.75, 3.05) is 0 Å². The zero-order valence-corrected chi connectivity index (χ0v) is 17.0. The minimum Gasteiger partial charge on any atom is -0.304 e. The predicted molar refractivity (Wildman–Crippen MR) is 101 cm³/mol. The van der Waals surface area contributed by atoms with Crippen LogP contribution >= 0.6 is 11.6 Å². The molecule has 0 spiro atoms. The number of pyridine rings is 1. The maximum atomic E-state index is 12.9. The van der Waals surface area contributed by atoms with Gasteiger partial charge >= 0.3 is 6.18 Å². The van der Waals surface area contributed by atoms with E-state index in [9.17, 15) is 31.2 Å². The van der Waals surface area contributed by atoms with E-state index in [-0.39, 0.29) is 32.5 Å². The maximum absolute atomic E-state index is 12.9. The summed E-state index contributed by atoms with van der Waals surface area (Å²) in [6, 6.07) is 4.64. The maximum Gasteiger partial charge on any atom is 0.417 e. The molecule has 2 aromatic heterocycles. The number of carbonyl (C=O) groups excluding carboxylic acids is 2. The van der Waals surface area contributed by atoms with Gasteiger partial charge in [-0.2, -0.15) is 13.2 Å². The molecule has 0 fully saturated rings. The molecule has 3 aromatic rings. The number of rotatable bonds is 4. The van der Waals surface area contributed by atoms with Crippen LogP contribution in [0.25, 0.3) is 5.65 Å². The van der Waals surface area contributed by atoms with Crippen molar-refractivity contribution in [2.24, 2.45) is 0 Å². The third-order valence-corrected chi connectivity index (χ3v) is 5.93. The van der Waals surface area contributed by atoms with Crippen molar-refractivity contribution < 1.29 is 31.2 Å². The quantitative estimate of drug-likeness (QED) is 0.601. The van der Waals surface area contributed by atoms with Crippen LogP contribution in [0.4, 0.5) is 13.2 Å². The standard InChI is InChI=1S/C18H13ClF3N3O4S/c1-9-3-4-11(10(2)26)5-15(9)30(28,29)24-17(27)14-8-25-7-12(18(20,21)22)6-13(19)16(25)23-14/h3-8H,1-2H3,(H,24,27). The molecular weight excluding hydrogens is 447 g/mol. The van der Waals surface area contributed by atoms with E-state index in [0.29, 0.717) is 12.3 Å². The third kappa shape index (κ3) is 4.17. The average molecular weight is 460 g/mol. The molecule has 0 aliphatic heterocycles. The number of nitrogens with one attached hydrogen (secondary N) is 1. The highest BCUT2D eigenvalue weighted by Crippen LogP contribution is 2.32. The first-order chi connectivity index (χ1) is 13.8. The predicted octanol–water partition coefficient (Wildman–Crippen LogP) is 3.64. The van der Waals surface area contributed by atoms with Crippen molar-refractivity contribution in [3.63, 3.8) is 0 Å². The number of benzene rings is 1. The second kappa shape index (κ2) is 7.40. The van der Waals surface area contributed by atoms with Gasteiger partial charge in [-0.25, -0.2) is 18.1 Å². The Labute approximate surface area is 173 Å². The number of sulfonamides is 1. The van der Waals surface area contributed by atoms with E-state index >= 15 is 0 Å². The van der Waals surface area contributed by atoms with Gasteiger partial charge in [0, 0.05) is 18.0 Å². The lowest BCUT2D eigenvalue weighted by Gasteiger charge is -2.09. The molecule has 0 aliphatic carbocycles. The minimum absolute atomic E-state index is 0.132. The number of aryl methyl sites for hydroxylation is 1. The number of hydrogen-bond acceptors (Lipinski definition) is 5. The molecule has 2 heterocycles. The molecule has 1 amide bonds. The molecule has 1 aromatic carbocycles. The number of nitrogens with zero attached hydrogens (tertiary/aromatic N) is 2. The summed E-state index contributed by atoms with van der Waals surface area (Å²) in [5.41, 5.74) is -1.25. The van der Waals surface area contributed by atoms with Crippen LogP contribution in [0.1, 0.15) is 38.9 Å². The van der Waals surface area contributed by atoms with Gasteiger partial charge in [-0.15, -0.1) is 0 Å². The number of imidazole rings is 1. The molecule has 7 nitrogen and oxygen atoms in total. The molecular formula is C18H13ClF3N3O4S. The lowest BCUT2D eigenvalue weighted by molar-refractivity contribution is -0.137. The number of carbonyl (C=O) groups is 2. The molecule has 158 valence electrons. The first kappa shape index (κ1) is 21.8. The van der Waals surface area contributed by atoms with Crippen LogP contribution in [0.5, 0.6) is 0 Å². The summed E-state index contributed by atoms with van der Waals surface area (Å²) in [6.45, 7) is 2.74. The number of hydrogen-bond donors (Lipinski definition) is 1. The van der Waals surface area contributed by atoms with Gasteiger partial charge in [0.05, 0.1) is 15.5 Å². The number of Topliss-reactive ketones (excluding diaryl/α,β-unsaturated/α-hetero) is 1. The average Bonchev–Trinajstić information content (AvgIpc) is 3.05. The van der Waals surface area contributed by atoms with Crippen molar-refractivity contribution >= 4 is 39.0 Å². The normalized spacial score (nSPS) is 12.2. The fraction of sp³-hybridized carbons (Fsp3) is 0.167. The van der Waals surface area contributed by atoms with E-state index < -0.39 is 33.4 Å². The Morgan fingerprint density at radius 1 is 1.17 bits per heavy atom. The second-order valence-electron chi connectivity index (χ2n) is 6.40. The summed E-state index contributed by atoms with van der Waals surface area (Å²) >= 11 is 5.82. The summed E-state index contributed by atoms with van der Waals surface area (Å²) < 4.78 is 66.7. The van der Waals surface area contributed by atoms with Crippen LogP contribution < -0.4 is 4.72 Å². The molecule has 0 radical (unpaired) electrons. The van der Waals surface area contributed by atoms with E-state index in [1.165, 1.54) is 26.0 Å². The first-order valence-corrected chi connectivity index (χ1v) is 10.1. The summed E-state index contributed by atoms with van der Waals surface area (Å²) in [6.07, 6.45) is -3.06. The molecule has 0 saturated carbocycles. The smallest absolute Gasteiger partial charge is 0.304 e. The molecule has 0 bridgehead atoms. The Balaban J connectivity index is 1.98. The Morgan fingerprint density at radius 2 is 1.83 bits per heavy atom. The first-order valence-electron chi connectivity index (χ1n) is 8.24. The molecule has 3 rings (SSSR count). The topological polar surface area (TPSA) is 97.6 Å². The van der Waals surface area contributed by atoms with Crippen molar-refractivity contribution in [1.29, 1.82) is 0 Å². The van der Waals surface area contributed by atoms with Crippen molar-refractivity contribution in [2.45, 2.75) is 24.9 Å². The van der Waals surface area contributed by atoms with Gasteiger partial charge < -0.3 is 4.40 Å². The van der Waals surface area contributed by atoms with Crippen LogP contribution in [0.3, 0.4) is 0 Å². The zero-order chi connectivity index (χ0) is 22.4. The van der Waals surface area contributed by atoms with Crippen LogP contribution in [0.2, 0.25) is 5.02 Å². The third-order valence-electron chi connectivity index (χ3n) is 4.18. The van der Waals surface area contributed by atoms with Crippen LogP contribution in [-0.4, -0.2) is 29.5 Å². The van der Waals surface area contributed by atoms with Gasteiger partial charge in [-0.05, 0) is 31.5 Å². The highest BCUT2D eigenvalue weighted by molar-refractivity contribution is 7.90. The van der Waals surface area contributed by atoms with Gasteiger partial charge in [-0.1, -0.05) is 23.7 Å². The molecule has 0 saturated heterocycles. The van der Waals surface area contributed by atoms with Gasteiger partial charge in [0.2, 0.25) is 0 Å². The summed E-state index contributed by atoms with van der Waals surface area (Å²) in [5, 5.41) is -0.364. The van der Waals surface area contributed by atoms with E-state index in [0.717, 1.165) is 16.7 Å². The largest absolute Gasteiger partial charge is 0.417 e. The number of aromatic nitrogens is 2. The number of amides is 1. The molecule has 12 heteroatoms.